The number of rotatable bonds is 17. The minimum absolute atomic E-state index is 0.0135. The van der Waals surface area contributed by atoms with Gasteiger partial charge in [-0.3, -0.25) is 4.79 Å². The van der Waals surface area contributed by atoms with Crippen molar-refractivity contribution in [1.29, 1.82) is 0 Å². The molecule has 1 saturated heterocycles. The first-order valence-electron chi connectivity index (χ1n) is 16.9. The first kappa shape index (κ1) is 38.3. The summed E-state index contributed by atoms with van der Waals surface area (Å²) in [6.07, 6.45) is 10.9. The normalized spacial score (nSPS) is 15.0. The van der Waals surface area contributed by atoms with Crippen LogP contribution in [0, 0.1) is 11.8 Å². The Balaban J connectivity index is 0.000000251. The predicted octanol–water partition coefficient (Wildman–Crippen LogP) is 8.93. The number of imidazole rings is 1. The quantitative estimate of drug-likeness (QED) is 0.106. The molecule has 3 aromatic rings. The third-order valence-corrected chi connectivity index (χ3v) is 9.73. The number of aromatic nitrogens is 2. The van der Waals surface area contributed by atoms with E-state index in [2.05, 4.69) is 109 Å². The van der Waals surface area contributed by atoms with E-state index in [1.807, 2.05) is 44.7 Å². The third-order valence-electron chi connectivity index (χ3n) is 8.67. The number of hydrogen-bond donors (Lipinski definition) is 2. The van der Waals surface area contributed by atoms with Gasteiger partial charge in [0.15, 0.2) is 0 Å². The second-order valence-corrected chi connectivity index (χ2v) is 14.6. The summed E-state index contributed by atoms with van der Waals surface area (Å²) >= 11 is 6.97. The van der Waals surface area contributed by atoms with Gasteiger partial charge in [-0.25, -0.2) is 4.98 Å². The van der Waals surface area contributed by atoms with Gasteiger partial charge in [-0.1, -0.05) is 96.0 Å². The van der Waals surface area contributed by atoms with Crippen LogP contribution in [0.15, 0.2) is 88.3 Å². The van der Waals surface area contributed by atoms with Crippen LogP contribution in [0.5, 0.6) is 0 Å². The molecule has 4 rings (SSSR count). The zero-order valence-corrected chi connectivity index (χ0v) is 31.4. The summed E-state index contributed by atoms with van der Waals surface area (Å²) in [6, 6.07) is 17.3. The average molecular weight is 759 g/mol. The molecule has 1 fully saturated rings. The molecular formula is C38H54Br2N4O2. The van der Waals surface area contributed by atoms with Gasteiger partial charge in [-0.05, 0) is 93.0 Å². The molecule has 2 atom stereocenters. The number of allylic oxidation sites excluding steroid dienone is 1. The predicted molar refractivity (Wildman–Crippen MR) is 198 cm³/mol. The fourth-order valence-electron chi connectivity index (χ4n) is 5.74. The van der Waals surface area contributed by atoms with Gasteiger partial charge in [-0.2, -0.15) is 0 Å². The number of halogens is 2. The van der Waals surface area contributed by atoms with E-state index >= 15 is 0 Å². The Labute approximate surface area is 294 Å². The van der Waals surface area contributed by atoms with E-state index in [0.29, 0.717) is 23.7 Å². The van der Waals surface area contributed by atoms with Gasteiger partial charge < -0.3 is 19.9 Å². The maximum atomic E-state index is 12.6. The van der Waals surface area contributed by atoms with Crippen LogP contribution in [0.3, 0.4) is 0 Å². The van der Waals surface area contributed by atoms with E-state index in [0.717, 1.165) is 86.0 Å². The van der Waals surface area contributed by atoms with Crippen LogP contribution in [0.4, 0.5) is 0 Å². The lowest BCUT2D eigenvalue weighted by Gasteiger charge is -2.25. The molecule has 8 heteroatoms. The highest BCUT2D eigenvalue weighted by Gasteiger charge is 2.23. The second kappa shape index (κ2) is 21.0. The number of carbonyl (C=O) groups excluding carboxylic acids is 1. The van der Waals surface area contributed by atoms with Crippen LogP contribution in [-0.4, -0.2) is 54.2 Å². The van der Waals surface area contributed by atoms with Gasteiger partial charge in [0.2, 0.25) is 0 Å². The molecule has 0 unspecified atom stereocenters. The molecule has 0 aliphatic carbocycles. The van der Waals surface area contributed by atoms with Gasteiger partial charge in [0, 0.05) is 64.9 Å². The molecule has 252 valence electrons. The van der Waals surface area contributed by atoms with E-state index in [1.165, 1.54) is 11.1 Å². The van der Waals surface area contributed by atoms with Crippen molar-refractivity contribution in [3.63, 3.8) is 0 Å². The van der Waals surface area contributed by atoms with E-state index in [9.17, 15) is 4.79 Å². The van der Waals surface area contributed by atoms with Crippen molar-refractivity contribution in [2.75, 3.05) is 32.8 Å². The van der Waals surface area contributed by atoms with Gasteiger partial charge in [-0.15, -0.1) is 0 Å². The minimum atomic E-state index is -0.0135. The first-order valence-corrected chi connectivity index (χ1v) is 18.4. The van der Waals surface area contributed by atoms with Gasteiger partial charge in [0.25, 0.3) is 0 Å². The number of Topliss-reactive ketones (excluding diaryl/α,β-unsaturated/α-hetero) is 1. The van der Waals surface area contributed by atoms with E-state index in [4.69, 9.17) is 4.74 Å². The zero-order chi connectivity index (χ0) is 33.3. The molecule has 2 heterocycles. The smallest absolute Gasteiger partial charge is 0.142 e. The Morgan fingerprint density at radius 2 is 1.48 bits per heavy atom. The van der Waals surface area contributed by atoms with Crippen LogP contribution in [0.1, 0.15) is 82.8 Å². The molecule has 0 amide bonds. The van der Waals surface area contributed by atoms with Crippen molar-refractivity contribution in [2.24, 2.45) is 11.8 Å². The minimum Gasteiger partial charge on any atom is -0.381 e. The number of nitrogens with zero attached hydrogens (tertiary/aromatic N) is 2. The number of ketones is 1. The molecule has 0 spiro atoms. The molecular weight excluding hydrogens is 704 g/mol. The van der Waals surface area contributed by atoms with Gasteiger partial charge in [0.05, 0.1) is 6.33 Å². The van der Waals surface area contributed by atoms with Crippen LogP contribution in [0.25, 0.3) is 0 Å². The Morgan fingerprint density at radius 1 is 0.891 bits per heavy atom. The zero-order valence-electron chi connectivity index (χ0n) is 28.2. The maximum absolute atomic E-state index is 12.6. The average Bonchev–Trinajstić information content (AvgIpc) is 3.58. The molecule has 1 aromatic heterocycles. The molecule has 6 nitrogen and oxygen atoms in total. The van der Waals surface area contributed by atoms with Crippen molar-refractivity contribution in [3.8, 4) is 0 Å². The second-order valence-electron chi connectivity index (χ2n) is 12.8. The van der Waals surface area contributed by atoms with Crippen molar-refractivity contribution in [3.05, 3.63) is 99.5 Å². The highest BCUT2D eigenvalue weighted by molar-refractivity contribution is 9.10. The Bertz CT molecular complexity index is 1270. The molecule has 46 heavy (non-hydrogen) atoms. The Morgan fingerprint density at radius 3 is 2.02 bits per heavy atom. The lowest BCUT2D eigenvalue weighted by molar-refractivity contribution is -0.123. The monoisotopic (exact) mass is 756 g/mol. The van der Waals surface area contributed by atoms with Crippen LogP contribution >= 0.6 is 31.9 Å². The van der Waals surface area contributed by atoms with Crippen molar-refractivity contribution in [1.82, 2.24) is 20.2 Å². The first-order chi connectivity index (χ1) is 22.2. The van der Waals surface area contributed by atoms with Crippen LogP contribution in [0.2, 0.25) is 0 Å². The largest absolute Gasteiger partial charge is 0.381 e. The topological polar surface area (TPSA) is 68.2 Å². The maximum Gasteiger partial charge on any atom is 0.142 e. The molecule has 2 aromatic carbocycles. The van der Waals surface area contributed by atoms with Gasteiger partial charge in [0.1, 0.15) is 5.78 Å². The summed E-state index contributed by atoms with van der Waals surface area (Å²) < 4.78 is 9.67. The van der Waals surface area contributed by atoms with Crippen LogP contribution < -0.4 is 10.6 Å². The summed E-state index contributed by atoms with van der Waals surface area (Å²) in [5, 5.41) is 7.15. The summed E-state index contributed by atoms with van der Waals surface area (Å²) in [7, 11) is 0. The molecule has 1 aliphatic heterocycles. The summed E-state index contributed by atoms with van der Waals surface area (Å²) in [5.74, 6) is 1.30. The number of aryl methyl sites for hydroxylation is 1. The summed E-state index contributed by atoms with van der Waals surface area (Å²) in [5.41, 5.74) is 3.80. The van der Waals surface area contributed by atoms with Crippen molar-refractivity contribution >= 4 is 37.6 Å². The van der Waals surface area contributed by atoms with E-state index in [1.54, 1.807) is 0 Å². The Hall–Kier alpha value is -2.10. The fourth-order valence-corrected chi connectivity index (χ4v) is 6.27. The number of ether oxygens (including phenoxy) is 1. The van der Waals surface area contributed by atoms with E-state index < -0.39 is 0 Å². The number of carbonyl (C=O) groups is 1. The molecule has 0 bridgehead atoms. The van der Waals surface area contributed by atoms with Crippen molar-refractivity contribution in [2.45, 2.75) is 84.2 Å². The van der Waals surface area contributed by atoms with E-state index in [-0.39, 0.29) is 11.8 Å². The molecule has 0 radical (unpaired) electrons. The summed E-state index contributed by atoms with van der Waals surface area (Å²) in [6.45, 7) is 18.4. The van der Waals surface area contributed by atoms with Crippen LogP contribution in [-0.2, 0) is 16.1 Å². The third kappa shape index (κ3) is 13.6. The number of hydrogen-bond acceptors (Lipinski definition) is 5. The molecule has 2 N–H and O–H groups in total. The Kier molecular flexibility index (Phi) is 17.5. The number of benzene rings is 2. The number of nitrogens with one attached hydrogen (secondary N) is 2. The van der Waals surface area contributed by atoms with Gasteiger partial charge >= 0.3 is 0 Å². The fraction of sp³-hybridized carbons (Fsp3) is 0.526. The SMILES string of the molecule is C=C(C(C)C)[C@H](CCNCCCn1ccnc1)c1ccc(Br)cc1.CC(C)C(=O)[C@H](CCNC1CCOCC1)c1ccc(Br)cc1. The molecule has 1 aliphatic rings. The lowest BCUT2D eigenvalue weighted by atomic mass is 9.83. The standard InChI is InChI=1S/C20H28BrN3.C18H26BrNO2/c1-16(2)17(3)20(18-5-7-19(21)8-6-18)9-11-22-10-4-13-24-14-12-23-15-24;1-13(2)18(21)17(14-3-5-15(19)6-4-14)7-10-20-16-8-11-22-12-9-16/h5-8,12,14-16,20,22H,3-4,9-11,13H2,1-2H3;3-6,13,16-17,20H,7-12H2,1-2H3/t20-;17-/m01/s1. The highest BCUT2D eigenvalue weighted by Crippen LogP contribution is 2.32. The summed E-state index contributed by atoms with van der Waals surface area (Å²) in [4.78, 5) is 16.6. The lowest BCUT2D eigenvalue weighted by Crippen LogP contribution is -2.36. The highest BCUT2D eigenvalue weighted by atomic mass is 79.9. The van der Waals surface area contributed by atoms with Crippen molar-refractivity contribution < 1.29 is 9.53 Å². The molecule has 0 saturated carbocycles.